The normalized spacial score (nSPS) is 15.5. The summed E-state index contributed by atoms with van der Waals surface area (Å²) in [6.45, 7) is 8.13. The van der Waals surface area contributed by atoms with Crippen molar-refractivity contribution in [1.82, 2.24) is 4.57 Å². The lowest BCUT2D eigenvalue weighted by atomic mass is 9.93. The van der Waals surface area contributed by atoms with E-state index >= 15 is 0 Å². The fourth-order valence-corrected chi connectivity index (χ4v) is 6.53. The molecule has 0 saturated carbocycles. The molecule has 0 saturated heterocycles. The number of rotatable bonds is 5. The number of fused-ring (bicyclic) bond motifs is 3. The van der Waals surface area contributed by atoms with Crippen LogP contribution < -0.4 is 14.9 Å². The molecule has 0 bridgehead atoms. The maximum absolute atomic E-state index is 14.2. The predicted octanol–water partition coefficient (Wildman–Crippen LogP) is 6.23. The van der Waals surface area contributed by atoms with Crippen LogP contribution in [0.1, 0.15) is 56.3 Å². The molecular formula is C34H30N2O3S. The van der Waals surface area contributed by atoms with Crippen LogP contribution in [-0.2, 0) is 9.53 Å². The highest BCUT2D eigenvalue weighted by Crippen LogP contribution is 2.32. The summed E-state index contributed by atoms with van der Waals surface area (Å²) in [5, 5.41) is 4.39. The molecule has 1 aliphatic rings. The van der Waals surface area contributed by atoms with E-state index in [4.69, 9.17) is 9.73 Å². The van der Waals surface area contributed by atoms with Gasteiger partial charge in [-0.15, -0.1) is 0 Å². The third-order valence-corrected chi connectivity index (χ3v) is 8.51. The van der Waals surface area contributed by atoms with Gasteiger partial charge in [-0.2, -0.15) is 0 Å². The largest absolute Gasteiger partial charge is 0.463 e. The molecule has 0 fully saturated rings. The maximum atomic E-state index is 14.2. The molecule has 5 aromatic rings. The molecule has 40 heavy (non-hydrogen) atoms. The zero-order valence-electron chi connectivity index (χ0n) is 23.0. The molecule has 0 radical (unpaired) electrons. The van der Waals surface area contributed by atoms with E-state index in [-0.39, 0.29) is 12.2 Å². The van der Waals surface area contributed by atoms with Crippen LogP contribution in [0.2, 0.25) is 0 Å². The quantitative estimate of drug-likeness (QED) is 0.194. The predicted molar refractivity (Wildman–Crippen MR) is 162 cm³/mol. The van der Waals surface area contributed by atoms with E-state index in [2.05, 4.69) is 56.3 Å². The van der Waals surface area contributed by atoms with Crippen LogP contribution in [0.25, 0.3) is 27.6 Å². The zero-order valence-corrected chi connectivity index (χ0v) is 23.8. The van der Waals surface area contributed by atoms with Gasteiger partial charge in [0.2, 0.25) is 0 Å². The fourth-order valence-electron chi connectivity index (χ4n) is 5.51. The number of hydrogen-bond acceptors (Lipinski definition) is 5. The highest BCUT2D eigenvalue weighted by atomic mass is 32.1. The van der Waals surface area contributed by atoms with Crippen molar-refractivity contribution in [1.29, 1.82) is 0 Å². The Morgan fingerprint density at radius 3 is 2.23 bits per heavy atom. The van der Waals surface area contributed by atoms with E-state index in [9.17, 15) is 9.59 Å². The van der Waals surface area contributed by atoms with E-state index in [0.29, 0.717) is 26.5 Å². The van der Waals surface area contributed by atoms with E-state index in [1.807, 2.05) is 49.4 Å². The Labute approximate surface area is 236 Å². The van der Waals surface area contributed by atoms with Gasteiger partial charge in [-0.25, -0.2) is 9.79 Å². The Kier molecular flexibility index (Phi) is 6.72. The van der Waals surface area contributed by atoms with Crippen LogP contribution in [0, 0.1) is 0 Å². The first-order valence-electron chi connectivity index (χ1n) is 13.6. The summed E-state index contributed by atoms with van der Waals surface area (Å²) in [7, 11) is 0. The van der Waals surface area contributed by atoms with Gasteiger partial charge < -0.3 is 4.74 Å². The molecule has 0 amide bonds. The van der Waals surface area contributed by atoms with Crippen LogP contribution in [0.3, 0.4) is 0 Å². The van der Waals surface area contributed by atoms with Crippen molar-refractivity contribution >= 4 is 44.9 Å². The molecular weight excluding hydrogens is 516 g/mol. The zero-order chi connectivity index (χ0) is 28.0. The van der Waals surface area contributed by atoms with E-state index in [0.717, 1.165) is 32.7 Å². The number of nitrogens with zero attached hydrogens (tertiary/aromatic N) is 2. The minimum Gasteiger partial charge on any atom is -0.463 e. The van der Waals surface area contributed by atoms with Crippen molar-refractivity contribution in [2.24, 2.45) is 4.99 Å². The maximum Gasteiger partial charge on any atom is 0.338 e. The second-order valence-electron chi connectivity index (χ2n) is 10.4. The molecule has 2 heterocycles. The first-order chi connectivity index (χ1) is 19.4. The van der Waals surface area contributed by atoms with E-state index < -0.39 is 12.0 Å². The van der Waals surface area contributed by atoms with Gasteiger partial charge in [-0.05, 0) is 70.1 Å². The monoisotopic (exact) mass is 546 g/mol. The molecule has 4 aromatic carbocycles. The Morgan fingerprint density at radius 2 is 1.62 bits per heavy atom. The highest BCUT2D eigenvalue weighted by molar-refractivity contribution is 7.07. The standard InChI is InChI=1S/C34H30N2O3S/c1-5-39-33(38)30-21(4)35-34-36(31(30)23-16-14-22(15-17-23)20(2)3)32(37)29(40-34)19-28-26-12-8-6-10-24(26)18-25-11-7-9-13-27(25)28/h6-20,31H,5H2,1-4H3/b29-19+. The third kappa shape index (κ3) is 4.38. The second-order valence-corrected chi connectivity index (χ2v) is 11.4. The van der Waals surface area contributed by atoms with Crippen molar-refractivity contribution in [3.63, 3.8) is 0 Å². The van der Waals surface area contributed by atoms with Crippen LogP contribution in [-0.4, -0.2) is 17.1 Å². The Morgan fingerprint density at radius 1 is 1.00 bits per heavy atom. The van der Waals surface area contributed by atoms with Crippen LogP contribution in [0.15, 0.2) is 99.9 Å². The van der Waals surface area contributed by atoms with E-state index in [1.165, 1.54) is 16.9 Å². The van der Waals surface area contributed by atoms with Gasteiger partial charge in [0.1, 0.15) is 0 Å². The summed E-state index contributed by atoms with van der Waals surface area (Å²) in [5.41, 5.74) is 3.84. The molecule has 0 spiro atoms. The molecule has 200 valence electrons. The Bertz CT molecular complexity index is 1940. The van der Waals surface area contributed by atoms with Gasteiger partial charge >= 0.3 is 5.97 Å². The van der Waals surface area contributed by atoms with Crippen molar-refractivity contribution < 1.29 is 9.53 Å². The van der Waals surface area contributed by atoms with Crippen LogP contribution >= 0.6 is 11.3 Å². The number of ether oxygens (including phenoxy) is 1. The number of allylic oxidation sites excluding steroid dienone is 1. The first-order valence-corrected chi connectivity index (χ1v) is 14.4. The minimum absolute atomic E-state index is 0.173. The second kappa shape index (κ2) is 10.4. The summed E-state index contributed by atoms with van der Waals surface area (Å²) in [5.74, 6) is -0.0793. The van der Waals surface area contributed by atoms with Crippen molar-refractivity contribution in [2.45, 2.75) is 39.7 Å². The Hall–Kier alpha value is -4.29. The molecule has 0 aliphatic carbocycles. The van der Waals surface area contributed by atoms with Gasteiger partial charge in [0.15, 0.2) is 4.80 Å². The molecule has 1 aliphatic heterocycles. The molecule has 1 atom stereocenters. The van der Waals surface area contributed by atoms with Gasteiger partial charge in [0.05, 0.1) is 28.5 Å². The average molecular weight is 547 g/mol. The number of aromatic nitrogens is 1. The van der Waals surface area contributed by atoms with Crippen molar-refractivity contribution in [3.05, 3.63) is 127 Å². The summed E-state index contributed by atoms with van der Waals surface area (Å²) < 4.78 is 7.67. The summed E-state index contributed by atoms with van der Waals surface area (Å²) in [4.78, 5) is 32.7. The number of benzene rings is 4. The molecule has 0 N–H and O–H groups in total. The van der Waals surface area contributed by atoms with Gasteiger partial charge in [0, 0.05) is 0 Å². The smallest absolute Gasteiger partial charge is 0.338 e. The first kappa shape index (κ1) is 26.0. The number of carbonyl (C=O) groups is 1. The molecule has 5 nitrogen and oxygen atoms in total. The Balaban J connectivity index is 1.62. The van der Waals surface area contributed by atoms with E-state index in [1.54, 1.807) is 11.5 Å². The van der Waals surface area contributed by atoms with Gasteiger partial charge in [-0.3, -0.25) is 9.36 Å². The summed E-state index contributed by atoms with van der Waals surface area (Å²) in [6, 6.07) is 26.2. The van der Waals surface area contributed by atoms with Crippen molar-refractivity contribution in [3.8, 4) is 0 Å². The average Bonchev–Trinajstić information content (AvgIpc) is 3.26. The SMILES string of the molecule is CCOC(=O)C1=C(C)N=c2s/c(=C/c3c4ccccc4cc4ccccc34)c(=O)n2C1c1ccc(C(C)C)cc1. The third-order valence-electron chi connectivity index (χ3n) is 7.52. The summed E-state index contributed by atoms with van der Waals surface area (Å²) >= 11 is 1.35. The number of esters is 1. The lowest BCUT2D eigenvalue weighted by Gasteiger charge is -2.25. The minimum atomic E-state index is -0.622. The number of thiazole rings is 1. The number of hydrogen-bond donors (Lipinski definition) is 0. The summed E-state index contributed by atoms with van der Waals surface area (Å²) in [6.07, 6.45) is 1.98. The van der Waals surface area contributed by atoms with Crippen molar-refractivity contribution in [2.75, 3.05) is 6.61 Å². The molecule has 6 rings (SSSR count). The number of carbonyl (C=O) groups excluding carboxylic acids is 1. The van der Waals surface area contributed by atoms with Gasteiger partial charge in [-0.1, -0.05) is 98.0 Å². The lowest BCUT2D eigenvalue weighted by molar-refractivity contribution is -0.139. The highest BCUT2D eigenvalue weighted by Gasteiger charge is 2.33. The molecule has 1 aromatic heterocycles. The van der Waals surface area contributed by atoms with Gasteiger partial charge in [0.25, 0.3) is 5.56 Å². The van der Waals surface area contributed by atoms with Crippen LogP contribution in [0.5, 0.6) is 0 Å². The van der Waals surface area contributed by atoms with Crippen LogP contribution in [0.4, 0.5) is 0 Å². The molecule has 1 unspecified atom stereocenters. The molecule has 6 heteroatoms. The lowest BCUT2D eigenvalue weighted by Crippen LogP contribution is -2.39. The topological polar surface area (TPSA) is 60.7 Å². The fraction of sp³-hybridized carbons (Fsp3) is 0.206.